The van der Waals surface area contributed by atoms with Crippen molar-refractivity contribution >= 4 is 34.3 Å². The Hall–Kier alpha value is -2.80. The number of nitrogen functional groups attached to an aromatic ring is 1. The number of fused-ring (bicyclic) bond motifs is 1. The lowest BCUT2D eigenvalue weighted by atomic mass is 10.1. The zero-order valence-corrected chi connectivity index (χ0v) is 16.4. The topological polar surface area (TPSA) is 81.3 Å². The number of methoxy groups -OCH3 is 1. The van der Waals surface area contributed by atoms with E-state index in [1.165, 1.54) is 11.8 Å². The zero-order valence-electron chi connectivity index (χ0n) is 15.6. The van der Waals surface area contributed by atoms with Crippen molar-refractivity contribution in [1.29, 1.82) is 0 Å². The van der Waals surface area contributed by atoms with Crippen LogP contribution in [0.1, 0.15) is 11.3 Å². The molecule has 0 aliphatic rings. The average molecular weight is 382 g/mol. The summed E-state index contributed by atoms with van der Waals surface area (Å²) in [6.07, 6.45) is 0. The van der Waals surface area contributed by atoms with E-state index in [-0.39, 0.29) is 11.7 Å². The summed E-state index contributed by atoms with van der Waals surface area (Å²) in [5.41, 5.74) is 7.59. The van der Waals surface area contributed by atoms with Gasteiger partial charge in [-0.3, -0.25) is 4.79 Å². The van der Waals surface area contributed by atoms with Gasteiger partial charge in [0.15, 0.2) is 5.16 Å². The number of benzene rings is 2. The molecule has 0 saturated carbocycles. The first kappa shape index (κ1) is 19.0. The Labute approximate surface area is 162 Å². The highest BCUT2D eigenvalue weighted by molar-refractivity contribution is 7.99. The monoisotopic (exact) mass is 382 g/mol. The van der Waals surface area contributed by atoms with Crippen LogP contribution in [0.2, 0.25) is 0 Å². The molecule has 7 heteroatoms. The normalized spacial score (nSPS) is 10.8. The first-order valence-electron chi connectivity index (χ1n) is 8.49. The highest BCUT2D eigenvalue weighted by Gasteiger charge is 2.12. The number of aromatic nitrogens is 2. The Morgan fingerprint density at radius 1 is 1.15 bits per heavy atom. The fourth-order valence-corrected chi connectivity index (χ4v) is 3.58. The third kappa shape index (κ3) is 4.89. The molecule has 0 fully saturated rings. The molecule has 0 aliphatic carbocycles. The Kier molecular flexibility index (Phi) is 5.81. The van der Waals surface area contributed by atoms with Gasteiger partial charge in [0.1, 0.15) is 11.6 Å². The number of rotatable bonds is 6. The van der Waals surface area contributed by atoms with Crippen LogP contribution >= 0.6 is 11.8 Å². The van der Waals surface area contributed by atoms with E-state index in [2.05, 4.69) is 16.0 Å². The molecule has 27 heavy (non-hydrogen) atoms. The average Bonchev–Trinajstić information content (AvgIpc) is 2.64. The van der Waals surface area contributed by atoms with Crippen LogP contribution in [0.15, 0.2) is 47.6 Å². The van der Waals surface area contributed by atoms with Crippen LogP contribution in [0.25, 0.3) is 10.8 Å². The van der Waals surface area contributed by atoms with Crippen molar-refractivity contribution in [2.75, 3.05) is 25.6 Å². The van der Waals surface area contributed by atoms with Gasteiger partial charge in [-0.25, -0.2) is 9.97 Å². The molecule has 0 unspecified atom stereocenters. The van der Waals surface area contributed by atoms with E-state index in [9.17, 15) is 4.79 Å². The van der Waals surface area contributed by atoms with Gasteiger partial charge in [0, 0.05) is 25.4 Å². The van der Waals surface area contributed by atoms with Gasteiger partial charge >= 0.3 is 0 Å². The summed E-state index contributed by atoms with van der Waals surface area (Å²) < 4.78 is 5.25. The fourth-order valence-electron chi connectivity index (χ4n) is 2.73. The van der Waals surface area contributed by atoms with Crippen LogP contribution in [0, 0.1) is 6.92 Å². The molecule has 0 saturated heterocycles. The summed E-state index contributed by atoms with van der Waals surface area (Å²) in [6.45, 7) is 2.39. The number of nitrogens with two attached hydrogens (primary N) is 1. The molecule has 1 heterocycles. The number of thioether (sulfide) groups is 1. The molecule has 2 aromatic carbocycles. The van der Waals surface area contributed by atoms with Gasteiger partial charge < -0.3 is 15.4 Å². The third-order valence-corrected chi connectivity index (χ3v) is 4.97. The minimum absolute atomic E-state index is 0.0125. The van der Waals surface area contributed by atoms with E-state index in [1.807, 2.05) is 37.3 Å². The van der Waals surface area contributed by atoms with Crippen LogP contribution in [-0.4, -0.2) is 40.7 Å². The maximum atomic E-state index is 12.4. The van der Waals surface area contributed by atoms with E-state index in [0.29, 0.717) is 17.5 Å². The Morgan fingerprint density at radius 3 is 2.63 bits per heavy atom. The van der Waals surface area contributed by atoms with Gasteiger partial charge in [0.05, 0.1) is 12.9 Å². The predicted molar refractivity (Wildman–Crippen MR) is 109 cm³/mol. The number of amides is 1. The molecule has 3 aromatic rings. The van der Waals surface area contributed by atoms with Crippen molar-refractivity contribution in [3.63, 3.8) is 0 Å². The molecular formula is C20H22N4O2S. The molecule has 0 aliphatic heterocycles. The number of carbonyl (C=O) groups excluding carboxylic acids is 1. The summed E-state index contributed by atoms with van der Waals surface area (Å²) in [4.78, 5) is 22.6. The predicted octanol–water partition coefficient (Wildman–Crippen LogP) is 3.28. The fraction of sp³-hybridized carbons (Fsp3) is 0.250. The number of hydrogen-bond acceptors (Lipinski definition) is 6. The first-order valence-corrected chi connectivity index (χ1v) is 9.48. The summed E-state index contributed by atoms with van der Waals surface area (Å²) >= 11 is 1.30. The van der Waals surface area contributed by atoms with Crippen molar-refractivity contribution in [3.8, 4) is 5.75 Å². The molecule has 0 spiro atoms. The van der Waals surface area contributed by atoms with Crippen molar-refractivity contribution < 1.29 is 9.53 Å². The van der Waals surface area contributed by atoms with Gasteiger partial charge in [0.25, 0.3) is 0 Å². The van der Waals surface area contributed by atoms with Gasteiger partial charge in [-0.05, 0) is 41.5 Å². The lowest BCUT2D eigenvalue weighted by molar-refractivity contribution is -0.127. The maximum absolute atomic E-state index is 12.4. The molecule has 140 valence electrons. The first-order chi connectivity index (χ1) is 12.9. The Balaban J connectivity index is 1.62. The number of ether oxygens (including phenoxy) is 1. The molecule has 1 amide bonds. The summed E-state index contributed by atoms with van der Waals surface area (Å²) in [7, 11) is 3.46. The number of aryl methyl sites for hydroxylation is 1. The maximum Gasteiger partial charge on any atom is 0.233 e. The molecule has 0 atom stereocenters. The van der Waals surface area contributed by atoms with Gasteiger partial charge in [-0.15, -0.1) is 0 Å². The summed E-state index contributed by atoms with van der Waals surface area (Å²) in [5.74, 6) is 1.53. The van der Waals surface area contributed by atoms with Crippen LogP contribution in [-0.2, 0) is 11.3 Å². The van der Waals surface area contributed by atoms with Crippen LogP contribution in [0.4, 0.5) is 5.82 Å². The largest absolute Gasteiger partial charge is 0.497 e. The molecule has 6 nitrogen and oxygen atoms in total. The van der Waals surface area contributed by atoms with Crippen molar-refractivity contribution in [2.45, 2.75) is 18.6 Å². The van der Waals surface area contributed by atoms with E-state index in [4.69, 9.17) is 10.5 Å². The minimum Gasteiger partial charge on any atom is -0.497 e. The van der Waals surface area contributed by atoms with Crippen LogP contribution < -0.4 is 10.5 Å². The van der Waals surface area contributed by atoms with E-state index in [0.717, 1.165) is 27.8 Å². The summed E-state index contributed by atoms with van der Waals surface area (Å²) in [6, 6.07) is 13.8. The number of nitrogens with zero attached hydrogens (tertiary/aromatic N) is 3. The Morgan fingerprint density at radius 2 is 1.89 bits per heavy atom. The smallest absolute Gasteiger partial charge is 0.233 e. The van der Waals surface area contributed by atoms with Gasteiger partial charge in [-0.2, -0.15) is 0 Å². The summed E-state index contributed by atoms with van der Waals surface area (Å²) in [5, 5.41) is 2.75. The molecule has 3 rings (SSSR count). The zero-order chi connectivity index (χ0) is 19.4. The second-order valence-corrected chi connectivity index (χ2v) is 7.25. The second kappa shape index (κ2) is 8.26. The quantitative estimate of drug-likeness (QED) is 0.520. The molecule has 0 radical (unpaired) electrons. The molecule has 1 aromatic heterocycles. The number of carbonyl (C=O) groups is 1. The lowest BCUT2D eigenvalue weighted by Crippen LogP contribution is -2.27. The van der Waals surface area contributed by atoms with Crippen LogP contribution in [0.5, 0.6) is 5.75 Å². The standard InChI is InChI=1S/C20H22N4O2S/c1-13-8-18(21)23-20(22-13)27-12-19(25)24(2)11-14-4-5-16-10-17(26-3)7-6-15(16)9-14/h4-10H,11-12H2,1-3H3,(H2,21,22,23). The highest BCUT2D eigenvalue weighted by atomic mass is 32.2. The van der Waals surface area contributed by atoms with Crippen LogP contribution in [0.3, 0.4) is 0 Å². The van der Waals surface area contributed by atoms with Crippen molar-refractivity contribution in [2.24, 2.45) is 0 Å². The molecule has 2 N–H and O–H groups in total. The van der Waals surface area contributed by atoms with E-state index >= 15 is 0 Å². The highest BCUT2D eigenvalue weighted by Crippen LogP contribution is 2.22. The Bertz CT molecular complexity index is 957. The molecular weight excluding hydrogens is 360 g/mol. The van der Waals surface area contributed by atoms with E-state index < -0.39 is 0 Å². The SMILES string of the molecule is COc1ccc2cc(CN(C)C(=O)CSc3nc(C)cc(N)n3)ccc2c1. The van der Waals surface area contributed by atoms with Gasteiger partial charge in [-0.1, -0.05) is 30.0 Å². The third-order valence-electron chi connectivity index (χ3n) is 4.14. The van der Waals surface area contributed by atoms with Crippen molar-refractivity contribution in [3.05, 3.63) is 53.7 Å². The minimum atomic E-state index is 0.0125. The molecule has 0 bridgehead atoms. The lowest BCUT2D eigenvalue weighted by Gasteiger charge is -2.17. The number of hydrogen-bond donors (Lipinski definition) is 1. The van der Waals surface area contributed by atoms with E-state index in [1.54, 1.807) is 25.1 Å². The van der Waals surface area contributed by atoms with Crippen molar-refractivity contribution in [1.82, 2.24) is 14.9 Å². The van der Waals surface area contributed by atoms with Gasteiger partial charge in [0.2, 0.25) is 5.91 Å². The number of anilines is 1. The second-order valence-electron chi connectivity index (χ2n) is 6.30.